The van der Waals surface area contributed by atoms with Crippen molar-refractivity contribution in [3.63, 3.8) is 0 Å². The molecule has 2 N–H and O–H groups in total. The van der Waals surface area contributed by atoms with Gasteiger partial charge in [0.15, 0.2) is 0 Å². The lowest BCUT2D eigenvalue weighted by molar-refractivity contribution is -0.139. The number of benzene rings is 1. The Kier molecular flexibility index (Phi) is 5.17. The molecular formula is C16H19F3N2O3. The molecule has 5 nitrogen and oxygen atoms in total. The van der Waals surface area contributed by atoms with E-state index in [9.17, 15) is 27.9 Å². The van der Waals surface area contributed by atoms with E-state index in [0.717, 1.165) is 17.0 Å². The molecule has 0 aliphatic carbocycles. The number of amides is 3. The predicted molar refractivity (Wildman–Crippen MR) is 79.9 cm³/mol. The van der Waals surface area contributed by atoms with Gasteiger partial charge < -0.3 is 10.4 Å². The van der Waals surface area contributed by atoms with E-state index < -0.39 is 42.4 Å². The molecule has 1 aromatic rings. The molecule has 2 rings (SSSR count). The van der Waals surface area contributed by atoms with Crippen molar-refractivity contribution >= 4 is 11.9 Å². The lowest BCUT2D eigenvalue weighted by atomic mass is 10.0. The molecule has 1 heterocycles. The molecule has 3 amide bonds. The zero-order chi connectivity index (χ0) is 18.1. The Morgan fingerprint density at radius 1 is 1.25 bits per heavy atom. The van der Waals surface area contributed by atoms with E-state index >= 15 is 0 Å². The van der Waals surface area contributed by atoms with Crippen molar-refractivity contribution in [3.8, 4) is 0 Å². The van der Waals surface area contributed by atoms with Gasteiger partial charge in [0, 0.05) is 0 Å². The van der Waals surface area contributed by atoms with Gasteiger partial charge in [-0.05, 0) is 24.0 Å². The van der Waals surface area contributed by atoms with Crippen molar-refractivity contribution in [1.82, 2.24) is 10.2 Å². The number of aliphatic hydroxyl groups excluding tert-OH is 1. The lowest BCUT2D eigenvalue weighted by Gasteiger charge is -2.21. The van der Waals surface area contributed by atoms with Crippen molar-refractivity contribution in [2.75, 3.05) is 6.54 Å². The number of hydrogen-bond donors (Lipinski definition) is 2. The smallest absolute Gasteiger partial charge is 0.387 e. The van der Waals surface area contributed by atoms with Gasteiger partial charge >= 0.3 is 12.2 Å². The van der Waals surface area contributed by atoms with Crippen LogP contribution in [0.4, 0.5) is 18.0 Å². The van der Waals surface area contributed by atoms with E-state index in [0.29, 0.717) is 6.42 Å². The summed E-state index contributed by atoms with van der Waals surface area (Å²) in [6.07, 6.45) is -5.82. The Labute approximate surface area is 137 Å². The Morgan fingerprint density at radius 2 is 1.88 bits per heavy atom. The van der Waals surface area contributed by atoms with Crippen molar-refractivity contribution in [2.24, 2.45) is 5.92 Å². The van der Waals surface area contributed by atoms with Crippen LogP contribution in [0.25, 0.3) is 0 Å². The molecule has 2 atom stereocenters. The second-order valence-electron chi connectivity index (χ2n) is 6.18. The number of carbonyl (C=O) groups excluding carboxylic acids is 2. The zero-order valence-electron chi connectivity index (χ0n) is 13.3. The molecule has 0 bridgehead atoms. The number of aliphatic hydroxyl groups is 1. The highest BCUT2D eigenvalue weighted by Crippen LogP contribution is 2.35. The maximum Gasteiger partial charge on any atom is 0.416 e. The largest absolute Gasteiger partial charge is 0.416 e. The molecule has 1 aromatic carbocycles. The van der Waals surface area contributed by atoms with E-state index in [1.165, 1.54) is 12.1 Å². The molecule has 8 heteroatoms. The number of halogens is 3. The number of hydrogen-bond acceptors (Lipinski definition) is 3. The van der Waals surface area contributed by atoms with E-state index in [-0.39, 0.29) is 11.5 Å². The minimum Gasteiger partial charge on any atom is -0.387 e. The second kappa shape index (κ2) is 6.80. The minimum atomic E-state index is -4.63. The second-order valence-corrected chi connectivity index (χ2v) is 6.18. The van der Waals surface area contributed by atoms with Gasteiger partial charge in [-0.2, -0.15) is 13.2 Å². The van der Waals surface area contributed by atoms with E-state index in [1.807, 2.05) is 13.8 Å². The van der Waals surface area contributed by atoms with Crippen molar-refractivity contribution < 1.29 is 27.9 Å². The van der Waals surface area contributed by atoms with E-state index in [4.69, 9.17) is 0 Å². The molecule has 1 aliphatic rings. The summed E-state index contributed by atoms with van der Waals surface area (Å²) in [5, 5.41) is 12.6. The fraction of sp³-hybridized carbons (Fsp3) is 0.500. The van der Waals surface area contributed by atoms with Crippen LogP contribution in [0, 0.1) is 5.92 Å². The van der Waals surface area contributed by atoms with Gasteiger partial charge in [-0.3, -0.25) is 9.69 Å². The van der Waals surface area contributed by atoms with Gasteiger partial charge in [0.1, 0.15) is 6.04 Å². The molecule has 0 spiro atoms. The fourth-order valence-corrected chi connectivity index (χ4v) is 2.70. The normalized spacial score (nSPS) is 19.8. The van der Waals surface area contributed by atoms with Gasteiger partial charge in [-0.1, -0.05) is 32.0 Å². The van der Waals surface area contributed by atoms with E-state index in [1.54, 1.807) is 0 Å². The Balaban J connectivity index is 2.17. The molecule has 0 radical (unpaired) electrons. The first-order valence-electron chi connectivity index (χ1n) is 7.57. The predicted octanol–water partition coefficient (Wildman–Crippen LogP) is 2.71. The standard InChI is InChI=1S/C16H19F3N2O3/c1-9(2)7-12-14(23)21(15(24)20-12)8-13(22)10-5-3-4-6-11(10)16(17,18)19/h3-6,9,12-13,22H,7-8H2,1-2H3,(H,20,24)/t12-,13+/m0/s1. The van der Waals surface area contributed by atoms with E-state index in [2.05, 4.69) is 5.32 Å². The zero-order valence-corrected chi connectivity index (χ0v) is 13.3. The topological polar surface area (TPSA) is 69.6 Å². The summed E-state index contributed by atoms with van der Waals surface area (Å²) < 4.78 is 39.0. The Bertz CT molecular complexity index is 631. The average Bonchev–Trinajstić information content (AvgIpc) is 2.73. The summed E-state index contributed by atoms with van der Waals surface area (Å²) in [5.74, 6) is -0.368. The van der Waals surface area contributed by atoms with Crippen molar-refractivity contribution in [2.45, 2.75) is 38.6 Å². The number of urea groups is 1. The van der Waals surface area contributed by atoms with Crippen molar-refractivity contribution in [3.05, 3.63) is 35.4 Å². The maximum atomic E-state index is 13.0. The summed E-state index contributed by atoms with van der Waals surface area (Å²) in [6.45, 7) is 3.25. The third kappa shape index (κ3) is 3.87. The number of rotatable bonds is 5. The van der Waals surface area contributed by atoms with Crippen LogP contribution in [0.15, 0.2) is 24.3 Å². The minimum absolute atomic E-state index is 0.162. The van der Waals surface area contributed by atoms with Gasteiger partial charge in [-0.15, -0.1) is 0 Å². The van der Waals surface area contributed by atoms with Crippen LogP contribution < -0.4 is 5.32 Å². The highest BCUT2D eigenvalue weighted by atomic mass is 19.4. The summed E-state index contributed by atoms with van der Waals surface area (Å²) in [5.41, 5.74) is -1.35. The SMILES string of the molecule is CC(C)C[C@@H]1NC(=O)N(C[C@@H](O)c2ccccc2C(F)(F)F)C1=O. The first-order valence-corrected chi connectivity index (χ1v) is 7.57. The molecular weight excluding hydrogens is 325 g/mol. The number of nitrogens with zero attached hydrogens (tertiary/aromatic N) is 1. The molecule has 1 aliphatic heterocycles. The summed E-state index contributed by atoms with van der Waals surface area (Å²) >= 11 is 0. The first kappa shape index (κ1) is 18.3. The summed E-state index contributed by atoms with van der Waals surface area (Å²) in [4.78, 5) is 24.9. The first-order chi connectivity index (χ1) is 11.1. The molecule has 0 saturated carbocycles. The molecule has 1 saturated heterocycles. The quantitative estimate of drug-likeness (QED) is 0.807. The Hall–Kier alpha value is -2.09. The van der Waals surface area contributed by atoms with Crippen LogP contribution in [0.3, 0.4) is 0 Å². The molecule has 132 valence electrons. The third-order valence-corrected chi connectivity index (χ3v) is 3.79. The van der Waals surface area contributed by atoms with Crippen molar-refractivity contribution in [1.29, 1.82) is 0 Å². The molecule has 1 fully saturated rings. The fourth-order valence-electron chi connectivity index (χ4n) is 2.70. The highest BCUT2D eigenvalue weighted by molar-refractivity contribution is 6.04. The summed E-state index contributed by atoms with van der Waals surface area (Å²) in [7, 11) is 0. The van der Waals surface area contributed by atoms with Gasteiger partial charge in [-0.25, -0.2) is 4.79 Å². The number of alkyl halides is 3. The van der Waals surface area contributed by atoms with Crippen LogP contribution in [0.5, 0.6) is 0 Å². The van der Waals surface area contributed by atoms with Crippen LogP contribution in [-0.4, -0.2) is 34.5 Å². The monoisotopic (exact) mass is 344 g/mol. The number of β-amino-alcohol motifs (C(OH)–C–C–N with tert-alkyl or cyclic N) is 1. The van der Waals surface area contributed by atoms with Gasteiger partial charge in [0.2, 0.25) is 0 Å². The maximum absolute atomic E-state index is 13.0. The van der Waals surface area contributed by atoms with Gasteiger partial charge in [0.05, 0.1) is 18.2 Å². The highest BCUT2D eigenvalue weighted by Gasteiger charge is 2.40. The number of nitrogens with one attached hydrogen (secondary N) is 1. The van der Waals surface area contributed by atoms with Crippen LogP contribution in [0.1, 0.15) is 37.5 Å². The molecule has 0 unspecified atom stereocenters. The Morgan fingerprint density at radius 3 is 2.46 bits per heavy atom. The molecule has 24 heavy (non-hydrogen) atoms. The number of imide groups is 1. The van der Waals surface area contributed by atoms with Gasteiger partial charge in [0.25, 0.3) is 5.91 Å². The van der Waals surface area contributed by atoms with Crippen LogP contribution in [-0.2, 0) is 11.0 Å². The molecule has 0 aromatic heterocycles. The average molecular weight is 344 g/mol. The summed E-state index contributed by atoms with van der Waals surface area (Å²) in [6, 6.07) is 3.16. The number of carbonyl (C=O) groups is 2. The van der Waals surface area contributed by atoms with Crippen LogP contribution in [0.2, 0.25) is 0 Å². The third-order valence-electron chi connectivity index (χ3n) is 3.79. The van der Waals surface area contributed by atoms with Crippen LogP contribution >= 0.6 is 0 Å². The lowest BCUT2D eigenvalue weighted by Crippen LogP contribution is -2.35.